The second-order valence-corrected chi connectivity index (χ2v) is 5.76. The van der Waals surface area contributed by atoms with Gasteiger partial charge in [0.15, 0.2) is 0 Å². The molecule has 0 bridgehead atoms. The molecular weight excluding hydrogens is 294 g/mol. The van der Waals surface area contributed by atoms with Gasteiger partial charge in [-0.1, -0.05) is 30.3 Å². The lowest BCUT2D eigenvalue weighted by atomic mass is 10.2. The summed E-state index contributed by atoms with van der Waals surface area (Å²) in [6.07, 6.45) is 0.849. The van der Waals surface area contributed by atoms with Crippen LogP contribution in [0.4, 0.5) is 5.69 Å². The highest BCUT2D eigenvalue weighted by Crippen LogP contribution is 2.26. The molecule has 110 valence electrons. The van der Waals surface area contributed by atoms with Crippen molar-refractivity contribution in [3.05, 3.63) is 77.0 Å². The first-order valence-electron chi connectivity index (χ1n) is 6.92. The maximum atomic E-state index is 11.4. The lowest BCUT2D eigenvalue weighted by molar-refractivity contribution is -0.107. The van der Waals surface area contributed by atoms with Crippen molar-refractivity contribution in [1.29, 1.82) is 0 Å². The molecule has 1 heterocycles. The minimum absolute atomic E-state index is 0.565. The number of hydrogen-bond acceptors (Lipinski definition) is 3. The van der Waals surface area contributed by atoms with E-state index in [1.165, 1.54) is 0 Å². The number of amides is 1. The van der Waals surface area contributed by atoms with E-state index in [2.05, 4.69) is 0 Å². The van der Waals surface area contributed by atoms with E-state index in [-0.39, 0.29) is 0 Å². The van der Waals surface area contributed by atoms with Crippen molar-refractivity contribution in [2.75, 3.05) is 4.90 Å². The summed E-state index contributed by atoms with van der Waals surface area (Å²) in [5, 5.41) is 2.01. The topological polar surface area (TPSA) is 29.5 Å². The first kappa shape index (κ1) is 14.4. The van der Waals surface area contributed by atoms with Crippen LogP contribution in [-0.2, 0) is 11.3 Å². The molecule has 3 rings (SSSR count). The highest BCUT2D eigenvalue weighted by molar-refractivity contribution is 7.09. The lowest BCUT2D eigenvalue weighted by Gasteiger charge is -2.17. The number of ether oxygens (including phenoxy) is 1. The molecule has 1 aromatic heterocycles. The molecule has 0 unspecified atom stereocenters. The van der Waals surface area contributed by atoms with Crippen LogP contribution in [0.2, 0.25) is 0 Å². The monoisotopic (exact) mass is 309 g/mol. The van der Waals surface area contributed by atoms with E-state index in [0.717, 1.165) is 22.7 Å². The van der Waals surface area contributed by atoms with Crippen molar-refractivity contribution in [3.8, 4) is 11.5 Å². The molecule has 0 saturated carbocycles. The van der Waals surface area contributed by atoms with Crippen LogP contribution >= 0.6 is 11.3 Å². The predicted molar refractivity (Wildman–Crippen MR) is 89.5 cm³/mol. The fraction of sp³-hybridized carbons (Fsp3) is 0.0556. The number of anilines is 1. The Bertz CT molecular complexity index is 726. The van der Waals surface area contributed by atoms with Crippen LogP contribution in [0.1, 0.15) is 4.88 Å². The maximum absolute atomic E-state index is 11.4. The summed E-state index contributed by atoms with van der Waals surface area (Å²) >= 11 is 1.64. The Hall–Kier alpha value is -2.59. The lowest BCUT2D eigenvalue weighted by Crippen LogP contribution is -2.19. The van der Waals surface area contributed by atoms with Gasteiger partial charge in [0.05, 0.1) is 6.54 Å². The number of carbonyl (C=O) groups is 1. The Labute approximate surface area is 133 Å². The third-order valence-corrected chi connectivity index (χ3v) is 4.02. The van der Waals surface area contributed by atoms with Gasteiger partial charge in [-0.3, -0.25) is 4.79 Å². The van der Waals surface area contributed by atoms with E-state index in [1.807, 2.05) is 72.1 Å². The second kappa shape index (κ2) is 6.91. The maximum Gasteiger partial charge on any atom is 0.214 e. The summed E-state index contributed by atoms with van der Waals surface area (Å²) in [4.78, 5) is 14.2. The average molecular weight is 309 g/mol. The summed E-state index contributed by atoms with van der Waals surface area (Å²) in [5.41, 5.74) is 0.817. The molecule has 22 heavy (non-hydrogen) atoms. The van der Waals surface area contributed by atoms with Crippen LogP contribution in [0.25, 0.3) is 0 Å². The normalized spacial score (nSPS) is 10.2. The number of para-hydroxylation sites is 1. The van der Waals surface area contributed by atoms with Crippen LogP contribution < -0.4 is 9.64 Å². The predicted octanol–water partition coefficient (Wildman–Crippen LogP) is 4.70. The first-order valence-corrected chi connectivity index (χ1v) is 7.80. The fourth-order valence-electron chi connectivity index (χ4n) is 2.11. The van der Waals surface area contributed by atoms with Crippen molar-refractivity contribution in [2.45, 2.75) is 6.54 Å². The summed E-state index contributed by atoms with van der Waals surface area (Å²) in [5.74, 6) is 1.48. The molecule has 2 aromatic carbocycles. The van der Waals surface area contributed by atoms with E-state index in [9.17, 15) is 4.79 Å². The van der Waals surface area contributed by atoms with Gasteiger partial charge in [0.25, 0.3) is 0 Å². The summed E-state index contributed by atoms with van der Waals surface area (Å²) in [6.45, 7) is 0.565. The van der Waals surface area contributed by atoms with Gasteiger partial charge >= 0.3 is 0 Å². The summed E-state index contributed by atoms with van der Waals surface area (Å²) in [7, 11) is 0. The zero-order valence-electron chi connectivity index (χ0n) is 11.9. The first-order chi connectivity index (χ1) is 10.8. The quantitative estimate of drug-likeness (QED) is 0.617. The highest BCUT2D eigenvalue weighted by Gasteiger charge is 2.08. The number of thiophene rings is 1. The largest absolute Gasteiger partial charge is 0.457 e. The molecule has 1 amide bonds. The number of benzene rings is 2. The molecule has 0 atom stereocenters. The molecule has 0 spiro atoms. The Balaban J connectivity index is 1.78. The molecule has 0 saturated heterocycles. The Morgan fingerprint density at radius 1 is 0.955 bits per heavy atom. The van der Waals surface area contributed by atoms with E-state index in [0.29, 0.717) is 12.3 Å². The molecule has 4 heteroatoms. The van der Waals surface area contributed by atoms with Gasteiger partial charge < -0.3 is 9.64 Å². The zero-order chi connectivity index (χ0) is 15.2. The van der Waals surface area contributed by atoms with Crippen molar-refractivity contribution in [3.63, 3.8) is 0 Å². The van der Waals surface area contributed by atoms with Gasteiger partial charge in [-0.2, -0.15) is 0 Å². The van der Waals surface area contributed by atoms with Gasteiger partial charge in [-0.05, 0) is 35.7 Å². The number of carbonyl (C=O) groups excluding carboxylic acids is 1. The summed E-state index contributed by atoms with van der Waals surface area (Å²) < 4.78 is 5.81. The molecule has 0 aliphatic heterocycles. The van der Waals surface area contributed by atoms with Crippen molar-refractivity contribution in [1.82, 2.24) is 0 Å². The van der Waals surface area contributed by atoms with Crippen LogP contribution in [0, 0.1) is 0 Å². The molecule has 0 aliphatic carbocycles. The third kappa shape index (κ3) is 3.54. The minimum Gasteiger partial charge on any atom is -0.457 e. The van der Waals surface area contributed by atoms with Gasteiger partial charge in [0.2, 0.25) is 6.41 Å². The van der Waals surface area contributed by atoms with Crippen LogP contribution in [0.15, 0.2) is 72.1 Å². The molecule has 0 fully saturated rings. The Morgan fingerprint density at radius 3 is 2.50 bits per heavy atom. The fourth-order valence-corrected chi connectivity index (χ4v) is 2.81. The van der Waals surface area contributed by atoms with E-state index in [1.54, 1.807) is 16.2 Å². The van der Waals surface area contributed by atoms with E-state index < -0.39 is 0 Å². The smallest absolute Gasteiger partial charge is 0.214 e. The molecule has 0 aliphatic rings. The van der Waals surface area contributed by atoms with E-state index in [4.69, 9.17) is 4.74 Å². The van der Waals surface area contributed by atoms with Crippen molar-refractivity contribution >= 4 is 23.4 Å². The van der Waals surface area contributed by atoms with Gasteiger partial charge in [0.1, 0.15) is 11.5 Å². The SMILES string of the molecule is O=CN(Cc1cccs1)c1cccc(Oc2ccccc2)c1. The average Bonchev–Trinajstić information content (AvgIpc) is 3.07. The number of hydrogen-bond donors (Lipinski definition) is 0. The summed E-state index contributed by atoms with van der Waals surface area (Å²) in [6, 6.07) is 21.1. The second-order valence-electron chi connectivity index (χ2n) is 4.73. The van der Waals surface area contributed by atoms with Crippen molar-refractivity contribution < 1.29 is 9.53 Å². The van der Waals surface area contributed by atoms with Crippen molar-refractivity contribution in [2.24, 2.45) is 0 Å². The Kier molecular flexibility index (Phi) is 4.51. The van der Waals surface area contributed by atoms with Crippen LogP contribution in [0.5, 0.6) is 11.5 Å². The standard InChI is InChI=1S/C18H15NO2S/c20-14-19(13-18-10-5-11-22-18)15-6-4-9-17(12-15)21-16-7-2-1-3-8-16/h1-12,14H,13H2. The minimum atomic E-state index is 0.565. The highest BCUT2D eigenvalue weighted by atomic mass is 32.1. The van der Waals surface area contributed by atoms with E-state index >= 15 is 0 Å². The molecule has 0 radical (unpaired) electrons. The van der Waals surface area contributed by atoms with Crippen LogP contribution in [0.3, 0.4) is 0 Å². The van der Waals surface area contributed by atoms with Crippen LogP contribution in [-0.4, -0.2) is 6.41 Å². The third-order valence-electron chi connectivity index (χ3n) is 3.16. The molecule has 3 aromatic rings. The number of rotatable bonds is 6. The molecule has 3 nitrogen and oxygen atoms in total. The van der Waals surface area contributed by atoms with Gasteiger partial charge in [-0.15, -0.1) is 11.3 Å². The Morgan fingerprint density at radius 2 is 1.77 bits per heavy atom. The number of nitrogens with zero attached hydrogens (tertiary/aromatic N) is 1. The van der Waals surface area contributed by atoms with Gasteiger partial charge in [-0.25, -0.2) is 0 Å². The molecular formula is C18H15NO2S. The van der Waals surface area contributed by atoms with Gasteiger partial charge in [0, 0.05) is 16.6 Å². The molecule has 0 N–H and O–H groups in total. The zero-order valence-corrected chi connectivity index (χ0v) is 12.7.